The second kappa shape index (κ2) is 5.42. The molecule has 4 nitrogen and oxygen atoms in total. The van der Waals surface area contributed by atoms with Gasteiger partial charge in [0.1, 0.15) is 0 Å². The van der Waals surface area contributed by atoms with Gasteiger partial charge in [-0.3, -0.25) is 4.90 Å². The summed E-state index contributed by atoms with van der Waals surface area (Å²) in [5.41, 5.74) is 0. The van der Waals surface area contributed by atoms with E-state index in [9.17, 15) is 0 Å². The molecule has 17 heavy (non-hydrogen) atoms. The largest absolute Gasteiger partial charge is 0.418 e. The molecule has 2 rings (SSSR count). The van der Waals surface area contributed by atoms with Crippen molar-refractivity contribution in [1.82, 2.24) is 15.1 Å². The Balaban J connectivity index is 2.13. The maximum absolute atomic E-state index is 5.70. The topological polar surface area (TPSA) is 42.2 Å². The van der Waals surface area contributed by atoms with Gasteiger partial charge in [-0.25, -0.2) is 0 Å². The number of thiophene rings is 1. The number of hydrogen-bond donors (Lipinski definition) is 0. The zero-order chi connectivity index (χ0) is 12.3. The fourth-order valence-corrected chi connectivity index (χ4v) is 2.28. The number of rotatable bonds is 5. The van der Waals surface area contributed by atoms with Crippen molar-refractivity contribution in [2.45, 2.75) is 26.3 Å². The van der Waals surface area contributed by atoms with E-state index >= 15 is 0 Å². The van der Waals surface area contributed by atoms with Crippen LogP contribution in [0.2, 0.25) is 0 Å². The van der Waals surface area contributed by atoms with Gasteiger partial charge in [0.2, 0.25) is 5.89 Å². The van der Waals surface area contributed by atoms with Gasteiger partial charge < -0.3 is 4.42 Å². The first kappa shape index (κ1) is 12.3. The van der Waals surface area contributed by atoms with Crippen LogP contribution in [0.4, 0.5) is 0 Å². The minimum atomic E-state index is 0.163. The third kappa shape index (κ3) is 2.73. The molecule has 0 spiro atoms. The van der Waals surface area contributed by atoms with Crippen LogP contribution < -0.4 is 0 Å². The molecule has 2 aromatic heterocycles. The van der Waals surface area contributed by atoms with E-state index in [4.69, 9.17) is 4.42 Å². The molecule has 0 radical (unpaired) electrons. The molecule has 0 unspecified atom stereocenters. The van der Waals surface area contributed by atoms with Gasteiger partial charge in [-0.05, 0) is 38.4 Å². The highest BCUT2D eigenvalue weighted by Crippen LogP contribution is 2.26. The molecule has 92 valence electrons. The van der Waals surface area contributed by atoms with Crippen LogP contribution in [-0.2, 0) is 0 Å². The van der Waals surface area contributed by atoms with Gasteiger partial charge >= 0.3 is 0 Å². The van der Waals surface area contributed by atoms with E-state index in [0.29, 0.717) is 11.8 Å². The molecule has 0 saturated heterocycles. The van der Waals surface area contributed by atoms with Gasteiger partial charge in [-0.2, -0.15) is 0 Å². The molecule has 0 amide bonds. The highest BCUT2D eigenvalue weighted by molar-refractivity contribution is 7.13. The zero-order valence-corrected chi connectivity index (χ0v) is 11.2. The van der Waals surface area contributed by atoms with Crippen LogP contribution in [0.15, 0.2) is 21.9 Å². The van der Waals surface area contributed by atoms with E-state index in [-0.39, 0.29) is 6.04 Å². The molecule has 0 N–H and O–H groups in total. The number of hydrogen-bond acceptors (Lipinski definition) is 5. The fraction of sp³-hybridized carbons (Fsp3) is 0.500. The van der Waals surface area contributed by atoms with Crippen molar-refractivity contribution in [2.24, 2.45) is 0 Å². The Morgan fingerprint density at radius 1 is 1.47 bits per heavy atom. The molecular formula is C12H17N3OS. The molecule has 0 saturated carbocycles. The first-order valence-electron chi connectivity index (χ1n) is 5.80. The van der Waals surface area contributed by atoms with Crippen molar-refractivity contribution in [3.63, 3.8) is 0 Å². The number of nitrogens with zero attached hydrogens (tertiary/aromatic N) is 3. The van der Waals surface area contributed by atoms with Crippen LogP contribution in [0, 0.1) is 0 Å². The van der Waals surface area contributed by atoms with Crippen LogP contribution in [0.3, 0.4) is 0 Å². The molecule has 0 aliphatic carbocycles. The summed E-state index contributed by atoms with van der Waals surface area (Å²) in [7, 11) is 2.07. The average molecular weight is 251 g/mol. The van der Waals surface area contributed by atoms with E-state index < -0.39 is 0 Å². The molecule has 1 atom stereocenters. The van der Waals surface area contributed by atoms with Crippen LogP contribution in [-0.4, -0.2) is 28.7 Å². The maximum atomic E-state index is 5.70. The third-order valence-corrected chi connectivity index (χ3v) is 3.63. The molecule has 0 aromatic carbocycles. The predicted molar refractivity (Wildman–Crippen MR) is 68.9 cm³/mol. The summed E-state index contributed by atoms with van der Waals surface area (Å²) in [6.45, 7) is 5.27. The smallest absolute Gasteiger partial charge is 0.257 e. The van der Waals surface area contributed by atoms with Gasteiger partial charge in [0.25, 0.3) is 5.89 Å². The van der Waals surface area contributed by atoms with E-state index in [2.05, 4.69) is 36.0 Å². The standard InChI is InChI=1S/C12H17N3OS/c1-4-7-15(3)9(2)11-13-14-12(16-11)10-6-5-8-17-10/h5-6,8-9H,4,7H2,1-3H3/t9-/m0/s1. The summed E-state index contributed by atoms with van der Waals surface area (Å²) in [6, 6.07) is 4.13. The average Bonchev–Trinajstić information content (AvgIpc) is 2.98. The lowest BCUT2D eigenvalue weighted by Crippen LogP contribution is -2.23. The summed E-state index contributed by atoms with van der Waals surface area (Å²) in [4.78, 5) is 3.24. The second-order valence-electron chi connectivity index (χ2n) is 4.08. The molecule has 0 bridgehead atoms. The molecular weight excluding hydrogens is 234 g/mol. The summed E-state index contributed by atoms with van der Waals surface area (Å²) in [5.74, 6) is 1.30. The fourth-order valence-electron chi connectivity index (χ4n) is 1.64. The number of aromatic nitrogens is 2. The van der Waals surface area contributed by atoms with Crippen LogP contribution in [0.1, 0.15) is 32.2 Å². The summed E-state index contributed by atoms with van der Waals surface area (Å²) in [6.07, 6.45) is 1.12. The van der Waals surface area contributed by atoms with Crippen molar-refractivity contribution in [2.75, 3.05) is 13.6 Å². The lowest BCUT2D eigenvalue weighted by atomic mass is 10.3. The van der Waals surface area contributed by atoms with E-state index in [0.717, 1.165) is 17.8 Å². The lowest BCUT2D eigenvalue weighted by Gasteiger charge is -2.20. The monoisotopic (exact) mass is 251 g/mol. The van der Waals surface area contributed by atoms with Crippen molar-refractivity contribution in [3.8, 4) is 10.8 Å². The molecule has 0 aliphatic heterocycles. The van der Waals surface area contributed by atoms with Gasteiger partial charge in [0.05, 0.1) is 10.9 Å². The Kier molecular flexibility index (Phi) is 3.91. The minimum Gasteiger partial charge on any atom is -0.418 e. The van der Waals surface area contributed by atoms with Gasteiger partial charge in [-0.15, -0.1) is 21.5 Å². The van der Waals surface area contributed by atoms with Crippen LogP contribution in [0.5, 0.6) is 0 Å². The first-order valence-corrected chi connectivity index (χ1v) is 6.68. The predicted octanol–water partition coefficient (Wildman–Crippen LogP) is 3.20. The Labute approximate surface area is 105 Å². The first-order chi connectivity index (χ1) is 8.22. The summed E-state index contributed by atoms with van der Waals surface area (Å²) in [5, 5.41) is 10.2. The Bertz CT molecular complexity index is 452. The van der Waals surface area contributed by atoms with Crippen molar-refractivity contribution >= 4 is 11.3 Å². The van der Waals surface area contributed by atoms with E-state index in [1.165, 1.54) is 0 Å². The molecule has 2 aromatic rings. The van der Waals surface area contributed by atoms with Crippen LogP contribution >= 0.6 is 11.3 Å². The SMILES string of the molecule is CCCN(C)[C@@H](C)c1nnc(-c2cccs2)o1. The molecule has 2 heterocycles. The Morgan fingerprint density at radius 2 is 2.29 bits per heavy atom. The van der Waals surface area contributed by atoms with Gasteiger partial charge in [-0.1, -0.05) is 13.0 Å². The Morgan fingerprint density at radius 3 is 2.94 bits per heavy atom. The van der Waals surface area contributed by atoms with Gasteiger partial charge in [0.15, 0.2) is 0 Å². The van der Waals surface area contributed by atoms with Gasteiger partial charge in [0, 0.05) is 0 Å². The highest BCUT2D eigenvalue weighted by atomic mass is 32.1. The van der Waals surface area contributed by atoms with E-state index in [1.54, 1.807) is 11.3 Å². The zero-order valence-electron chi connectivity index (χ0n) is 10.4. The third-order valence-electron chi connectivity index (χ3n) is 2.77. The minimum absolute atomic E-state index is 0.163. The maximum Gasteiger partial charge on any atom is 0.257 e. The van der Waals surface area contributed by atoms with Crippen molar-refractivity contribution in [3.05, 3.63) is 23.4 Å². The molecule has 5 heteroatoms. The summed E-state index contributed by atoms with van der Waals surface area (Å²) >= 11 is 1.61. The lowest BCUT2D eigenvalue weighted by molar-refractivity contribution is 0.226. The summed E-state index contributed by atoms with van der Waals surface area (Å²) < 4.78 is 5.70. The molecule has 0 aliphatic rings. The normalized spacial score (nSPS) is 13.2. The van der Waals surface area contributed by atoms with E-state index in [1.807, 2.05) is 17.5 Å². The van der Waals surface area contributed by atoms with Crippen molar-refractivity contribution in [1.29, 1.82) is 0 Å². The quantitative estimate of drug-likeness (QED) is 0.818. The Hall–Kier alpha value is -1.20. The molecule has 0 fully saturated rings. The van der Waals surface area contributed by atoms with Crippen molar-refractivity contribution < 1.29 is 4.42 Å². The highest BCUT2D eigenvalue weighted by Gasteiger charge is 2.18. The van der Waals surface area contributed by atoms with Crippen LogP contribution in [0.25, 0.3) is 10.8 Å². The second-order valence-corrected chi connectivity index (χ2v) is 5.03.